The molecule has 1 amide bonds. The number of hydrogen-bond donors (Lipinski definition) is 2. The van der Waals surface area contributed by atoms with E-state index in [1.807, 2.05) is 24.4 Å². The molecule has 7 nitrogen and oxygen atoms in total. The molecule has 1 unspecified atom stereocenters. The fourth-order valence-corrected chi connectivity index (χ4v) is 3.40. The first-order valence-electron chi connectivity index (χ1n) is 10.4. The van der Waals surface area contributed by atoms with Crippen molar-refractivity contribution in [3.8, 4) is 0 Å². The average Bonchev–Trinajstić information content (AvgIpc) is 3.11. The van der Waals surface area contributed by atoms with E-state index in [1.165, 1.54) is 12.5 Å². The van der Waals surface area contributed by atoms with E-state index in [4.69, 9.17) is 4.42 Å². The number of carbonyl (C=O) groups excluding carboxylic acids is 1. The minimum atomic E-state index is -0.214. The third-order valence-corrected chi connectivity index (χ3v) is 5.28. The molecule has 2 aromatic heterocycles. The van der Waals surface area contributed by atoms with Gasteiger partial charge < -0.3 is 9.73 Å². The highest BCUT2D eigenvalue weighted by Crippen LogP contribution is 2.26. The van der Waals surface area contributed by atoms with Gasteiger partial charge in [0.1, 0.15) is 5.52 Å². The summed E-state index contributed by atoms with van der Waals surface area (Å²) in [5, 5.41) is 6.94. The molecule has 2 heterocycles. The predicted octanol–water partition coefficient (Wildman–Crippen LogP) is 5.24. The predicted molar refractivity (Wildman–Crippen MR) is 123 cm³/mol. The fourth-order valence-electron chi connectivity index (χ4n) is 3.40. The lowest BCUT2D eigenvalue weighted by Gasteiger charge is -2.19. The van der Waals surface area contributed by atoms with Gasteiger partial charge in [-0.1, -0.05) is 39.8 Å². The summed E-state index contributed by atoms with van der Waals surface area (Å²) in [5.74, 6) is 0.590. The summed E-state index contributed by atoms with van der Waals surface area (Å²) in [4.78, 5) is 24.6. The Morgan fingerprint density at radius 3 is 2.61 bits per heavy atom. The molecule has 31 heavy (non-hydrogen) atoms. The summed E-state index contributed by atoms with van der Waals surface area (Å²) < 4.78 is 5.63. The maximum Gasteiger partial charge on any atom is 0.302 e. The lowest BCUT2D eigenvalue weighted by molar-refractivity contribution is -0.114. The van der Waals surface area contributed by atoms with Crippen LogP contribution >= 0.6 is 0 Å². The van der Waals surface area contributed by atoms with Crippen molar-refractivity contribution in [2.45, 2.75) is 46.0 Å². The molecule has 0 bridgehead atoms. The highest BCUT2D eigenvalue weighted by atomic mass is 16.4. The zero-order valence-electron chi connectivity index (χ0n) is 18.5. The Hall–Kier alpha value is -3.48. The topological polar surface area (TPSA) is 92.9 Å². The number of nitrogens with one attached hydrogen (secondary N) is 2. The Kier molecular flexibility index (Phi) is 5.35. The lowest BCUT2D eigenvalue weighted by Crippen LogP contribution is -2.12. The van der Waals surface area contributed by atoms with Gasteiger partial charge in [-0.05, 0) is 46.7 Å². The fraction of sp³-hybridized carbons (Fsp3) is 0.333. The number of hydrogen-bond acceptors (Lipinski definition) is 6. The minimum Gasteiger partial charge on any atom is -0.423 e. The molecule has 160 valence electrons. The lowest BCUT2D eigenvalue weighted by atomic mass is 9.86. The van der Waals surface area contributed by atoms with Crippen LogP contribution in [0.3, 0.4) is 0 Å². The molecule has 4 aromatic rings. The first-order valence-corrected chi connectivity index (χ1v) is 10.4. The monoisotopic (exact) mass is 417 g/mol. The minimum absolute atomic E-state index is 0.0913. The molecule has 4 rings (SSSR count). The van der Waals surface area contributed by atoms with Gasteiger partial charge in [-0.25, -0.2) is 9.97 Å². The molecule has 0 saturated carbocycles. The van der Waals surface area contributed by atoms with Crippen LogP contribution in [0.5, 0.6) is 0 Å². The SMILES string of the molecule is CC(=O)Nc1nc2ccc(C(C)CNc3ncc4cc(C(C)(C)C)ccc4n3)cc2o1. The molecule has 2 N–H and O–H groups in total. The van der Waals surface area contributed by atoms with E-state index in [0.29, 0.717) is 23.6 Å². The second-order valence-electron chi connectivity index (χ2n) is 8.93. The third-order valence-electron chi connectivity index (χ3n) is 5.28. The number of aromatic nitrogens is 3. The van der Waals surface area contributed by atoms with Crippen LogP contribution in [-0.4, -0.2) is 27.4 Å². The molecule has 7 heteroatoms. The zero-order chi connectivity index (χ0) is 22.2. The van der Waals surface area contributed by atoms with Crippen LogP contribution in [0, 0.1) is 0 Å². The van der Waals surface area contributed by atoms with Crippen LogP contribution in [0.25, 0.3) is 22.0 Å². The van der Waals surface area contributed by atoms with Crippen LogP contribution in [0.2, 0.25) is 0 Å². The Morgan fingerprint density at radius 1 is 1.10 bits per heavy atom. The molecular formula is C24H27N5O2. The van der Waals surface area contributed by atoms with Gasteiger partial charge in [-0.3, -0.25) is 10.1 Å². The number of amides is 1. The summed E-state index contributed by atoms with van der Waals surface area (Å²) in [6, 6.07) is 12.4. The van der Waals surface area contributed by atoms with E-state index in [1.54, 1.807) is 0 Å². The normalized spacial score (nSPS) is 12.8. The van der Waals surface area contributed by atoms with E-state index in [9.17, 15) is 4.79 Å². The molecule has 0 aliphatic rings. The first kappa shape index (κ1) is 20.8. The van der Waals surface area contributed by atoms with Gasteiger partial charge in [0.05, 0.1) is 5.52 Å². The van der Waals surface area contributed by atoms with Crippen molar-refractivity contribution in [2.24, 2.45) is 0 Å². The summed E-state index contributed by atoms with van der Waals surface area (Å²) in [5.41, 5.74) is 4.73. The van der Waals surface area contributed by atoms with E-state index in [-0.39, 0.29) is 23.3 Å². The van der Waals surface area contributed by atoms with Crippen LogP contribution < -0.4 is 10.6 Å². The number of fused-ring (bicyclic) bond motifs is 2. The molecule has 0 spiro atoms. The van der Waals surface area contributed by atoms with Crippen molar-refractivity contribution >= 4 is 39.9 Å². The van der Waals surface area contributed by atoms with Gasteiger partial charge in [0.2, 0.25) is 11.9 Å². The second-order valence-corrected chi connectivity index (χ2v) is 8.93. The number of benzene rings is 2. The summed E-state index contributed by atoms with van der Waals surface area (Å²) in [7, 11) is 0. The number of rotatable bonds is 5. The quantitative estimate of drug-likeness (QED) is 0.461. The van der Waals surface area contributed by atoms with Gasteiger partial charge >= 0.3 is 6.01 Å². The zero-order valence-corrected chi connectivity index (χ0v) is 18.5. The molecule has 0 aliphatic heterocycles. The summed E-state index contributed by atoms with van der Waals surface area (Å²) in [6.07, 6.45) is 1.87. The van der Waals surface area contributed by atoms with E-state index >= 15 is 0 Å². The maximum atomic E-state index is 11.2. The van der Waals surface area contributed by atoms with Crippen molar-refractivity contribution in [1.82, 2.24) is 15.0 Å². The summed E-state index contributed by atoms with van der Waals surface area (Å²) >= 11 is 0. The van der Waals surface area contributed by atoms with Gasteiger partial charge in [0.15, 0.2) is 5.58 Å². The van der Waals surface area contributed by atoms with Crippen molar-refractivity contribution < 1.29 is 9.21 Å². The molecule has 0 fully saturated rings. The number of anilines is 2. The maximum absolute atomic E-state index is 11.2. The second kappa shape index (κ2) is 7.98. The Bertz CT molecular complexity index is 1260. The summed E-state index contributed by atoms with van der Waals surface area (Å²) in [6.45, 7) is 10.8. The molecule has 0 radical (unpaired) electrons. The van der Waals surface area contributed by atoms with Gasteiger partial charge in [-0.2, -0.15) is 4.98 Å². The van der Waals surface area contributed by atoms with Crippen LogP contribution in [0.4, 0.5) is 12.0 Å². The molecule has 0 aliphatic carbocycles. The van der Waals surface area contributed by atoms with Crippen molar-refractivity contribution in [1.29, 1.82) is 0 Å². The molecular weight excluding hydrogens is 390 g/mol. The number of oxazole rings is 1. The van der Waals surface area contributed by atoms with E-state index in [2.05, 4.69) is 71.5 Å². The van der Waals surface area contributed by atoms with E-state index in [0.717, 1.165) is 16.5 Å². The van der Waals surface area contributed by atoms with Crippen molar-refractivity contribution in [3.63, 3.8) is 0 Å². The molecule has 0 saturated heterocycles. The Morgan fingerprint density at radius 2 is 1.87 bits per heavy atom. The Balaban J connectivity index is 1.46. The first-order chi connectivity index (χ1) is 14.7. The van der Waals surface area contributed by atoms with E-state index < -0.39 is 0 Å². The average molecular weight is 418 g/mol. The van der Waals surface area contributed by atoms with Crippen LogP contribution in [-0.2, 0) is 10.2 Å². The van der Waals surface area contributed by atoms with Crippen molar-refractivity contribution in [3.05, 3.63) is 53.7 Å². The Labute approximate surface area is 181 Å². The largest absolute Gasteiger partial charge is 0.423 e. The van der Waals surface area contributed by atoms with Gasteiger partial charge in [-0.15, -0.1) is 0 Å². The van der Waals surface area contributed by atoms with Crippen LogP contribution in [0.15, 0.2) is 47.0 Å². The highest BCUT2D eigenvalue weighted by Gasteiger charge is 2.15. The van der Waals surface area contributed by atoms with Crippen molar-refractivity contribution in [2.75, 3.05) is 17.2 Å². The van der Waals surface area contributed by atoms with Gasteiger partial charge in [0, 0.05) is 25.1 Å². The van der Waals surface area contributed by atoms with Gasteiger partial charge in [0.25, 0.3) is 0 Å². The third kappa shape index (κ3) is 4.66. The molecule has 1 atom stereocenters. The number of carbonyl (C=O) groups is 1. The standard InChI is InChI=1S/C24H27N5O2/c1-14(16-6-8-20-21(11-16)31-23(29-20)27-15(2)30)12-25-22-26-13-17-10-18(24(3,4)5)7-9-19(17)28-22/h6-11,13-14H,12H2,1-5H3,(H,25,26,28)(H,27,29,30). The smallest absolute Gasteiger partial charge is 0.302 e. The highest BCUT2D eigenvalue weighted by molar-refractivity contribution is 5.88. The molecule has 2 aromatic carbocycles. The number of nitrogens with zero attached hydrogens (tertiary/aromatic N) is 3. The van der Waals surface area contributed by atoms with Crippen LogP contribution in [0.1, 0.15) is 51.7 Å².